The summed E-state index contributed by atoms with van der Waals surface area (Å²) in [6.07, 6.45) is 0.512. The van der Waals surface area contributed by atoms with Gasteiger partial charge in [0.1, 0.15) is 0 Å². The van der Waals surface area contributed by atoms with E-state index in [2.05, 4.69) is 51.2 Å². The van der Waals surface area contributed by atoms with Crippen LogP contribution in [0.3, 0.4) is 0 Å². The highest BCUT2D eigenvalue weighted by atomic mass is 127. The number of para-hydroxylation sites is 1. The first-order valence-corrected chi connectivity index (χ1v) is 11.3. The van der Waals surface area contributed by atoms with E-state index in [4.69, 9.17) is 0 Å². The molecular formula is C26H35IN6O. The van der Waals surface area contributed by atoms with E-state index in [0.717, 1.165) is 33.9 Å². The molecule has 1 aromatic heterocycles. The Labute approximate surface area is 219 Å². The number of nitrogens with one attached hydrogen (secondary N) is 3. The number of halogens is 1. The van der Waals surface area contributed by atoms with Crippen LogP contribution in [0.25, 0.3) is 5.69 Å². The Balaban J connectivity index is 0.00000408. The van der Waals surface area contributed by atoms with E-state index < -0.39 is 0 Å². The van der Waals surface area contributed by atoms with Crippen molar-refractivity contribution in [2.75, 3.05) is 12.4 Å². The fourth-order valence-electron chi connectivity index (χ4n) is 3.67. The third-order valence-corrected chi connectivity index (χ3v) is 5.16. The van der Waals surface area contributed by atoms with Crippen LogP contribution in [0.15, 0.2) is 59.6 Å². The minimum Gasteiger partial charge on any atom is -0.352 e. The summed E-state index contributed by atoms with van der Waals surface area (Å²) >= 11 is 0. The van der Waals surface area contributed by atoms with E-state index in [1.807, 2.05) is 61.9 Å². The van der Waals surface area contributed by atoms with Crippen LogP contribution in [-0.4, -0.2) is 28.7 Å². The zero-order valence-corrected chi connectivity index (χ0v) is 22.9. The summed E-state index contributed by atoms with van der Waals surface area (Å²) < 4.78 is 1.97. The molecule has 1 amide bonds. The van der Waals surface area contributed by atoms with Gasteiger partial charge in [-0.15, -0.1) is 24.0 Å². The average molecular weight is 575 g/mol. The molecule has 0 saturated carbocycles. The number of carbonyl (C=O) groups excluding carboxylic acids is 1. The predicted molar refractivity (Wildman–Crippen MR) is 150 cm³/mol. The van der Waals surface area contributed by atoms with Gasteiger partial charge in [-0.25, -0.2) is 4.68 Å². The molecule has 7 nitrogen and oxygen atoms in total. The van der Waals surface area contributed by atoms with Gasteiger partial charge in [-0.05, 0) is 55.2 Å². The van der Waals surface area contributed by atoms with Gasteiger partial charge in [0.05, 0.1) is 11.4 Å². The molecule has 0 aliphatic rings. The normalized spacial score (nSPS) is 11.2. The number of hydrogen-bond acceptors (Lipinski definition) is 3. The Bertz CT molecular complexity index is 1120. The molecule has 0 fully saturated rings. The van der Waals surface area contributed by atoms with Crippen LogP contribution < -0.4 is 16.0 Å². The number of amides is 1. The lowest BCUT2D eigenvalue weighted by atomic mass is 10.1. The molecular weight excluding hydrogens is 539 g/mol. The molecule has 3 N–H and O–H groups in total. The first-order chi connectivity index (χ1) is 15.9. The van der Waals surface area contributed by atoms with E-state index in [1.165, 1.54) is 0 Å². The Hall–Kier alpha value is -2.88. The smallest absolute Gasteiger partial charge is 0.224 e. The van der Waals surface area contributed by atoms with Crippen molar-refractivity contribution in [3.63, 3.8) is 0 Å². The number of carbonyl (C=O) groups is 1. The standard InChI is InChI=1S/C26H34N6O.HI/c1-18(2)13-25(33)30-23-11-8-9-21(15-23)16-28-26(27-5)29-17-22-10-6-7-12-24(22)32-20(4)14-19(3)31-32;/h6-12,14-15,18H,13,16-17H2,1-5H3,(H,30,33)(H2,27,28,29);1H. The minimum absolute atomic E-state index is 0. The third kappa shape index (κ3) is 7.86. The molecule has 3 rings (SSSR count). The van der Waals surface area contributed by atoms with Crippen molar-refractivity contribution >= 4 is 41.5 Å². The average Bonchev–Trinajstić information content (AvgIpc) is 3.11. The molecule has 0 saturated heterocycles. The summed E-state index contributed by atoms with van der Waals surface area (Å²) in [5.41, 5.74) is 6.14. The molecule has 0 aliphatic heterocycles. The molecule has 8 heteroatoms. The van der Waals surface area contributed by atoms with Crippen molar-refractivity contribution in [2.24, 2.45) is 10.9 Å². The first-order valence-electron chi connectivity index (χ1n) is 11.3. The molecule has 34 heavy (non-hydrogen) atoms. The van der Waals surface area contributed by atoms with Gasteiger partial charge in [-0.2, -0.15) is 5.10 Å². The fourth-order valence-corrected chi connectivity index (χ4v) is 3.67. The Morgan fingerprint density at radius 3 is 2.44 bits per heavy atom. The maximum absolute atomic E-state index is 12.1. The highest BCUT2D eigenvalue weighted by Gasteiger charge is 2.10. The monoisotopic (exact) mass is 574 g/mol. The SMILES string of the molecule is CN=C(NCc1cccc(NC(=O)CC(C)C)c1)NCc1ccccc1-n1nc(C)cc1C.I. The lowest BCUT2D eigenvalue weighted by molar-refractivity contribution is -0.116. The molecule has 2 aromatic carbocycles. The molecule has 0 bridgehead atoms. The Morgan fingerprint density at radius 1 is 1.03 bits per heavy atom. The molecule has 0 radical (unpaired) electrons. The fraction of sp³-hybridized carbons (Fsp3) is 0.346. The van der Waals surface area contributed by atoms with Gasteiger partial charge in [0.2, 0.25) is 5.91 Å². The van der Waals surface area contributed by atoms with E-state index in [9.17, 15) is 4.79 Å². The summed E-state index contributed by atoms with van der Waals surface area (Å²) in [7, 11) is 1.75. The number of rotatable bonds is 8. The lowest BCUT2D eigenvalue weighted by Crippen LogP contribution is -2.36. The van der Waals surface area contributed by atoms with Crippen LogP contribution in [0.4, 0.5) is 5.69 Å². The van der Waals surface area contributed by atoms with Crippen LogP contribution in [0, 0.1) is 19.8 Å². The van der Waals surface area contributed by atoms with Crippen molar-refractivity contribution in [3.05, 3.63) is 77.1 Å². The summed E-state index contributed by atoms with van der Waals surface area (Å²) in [6.45, 7) is 9.33. The molecule has 182 valence electrons. The Morgan fingerprint density at radius 2 is 1.76 bits per heavy atom. The largest absolute Gasteiger partial charge is 0.352 e. The number of benzene rings is 2. The zero-order valence-electron chi connectivity index (χ0n) is 20.6. The van der Waals surface area contributed by atoms with Crippen molar-refractivity contribution in [1.29, 1.82) is 0 Å². The van der Waals surface area contributed by atoms with Gasteiger partial charge < -0.3 is 16.0 Å². The van der Waals surface area contributed by atoms with Crippen LogP contribution in [0.1, 0.15) is 42.8 Å². The van der Waals surface area contributed by atoms with Gasteiger partial charge in [0.25, 0.3) is 0 Å². The molecule has 3 aromatic rings. The second kappa shape index (κ2) is 13.1. The number of aliphatic imine (C=N–C) groups is 1. The molecule has 0 spiro atoms. The summed E-state index contributed by atoms with van der Waals surface area (Å²) in [5.74, 6) is 1.07. The maximum atomic E-state index is 12.1. The van der Waals surface area contributed by atoms with Gasteiger partial charge >= 0.3 is 0 Å². The number of aryl methyl sites for hydroxylation is 2. The number of nitrogens with zero attached hydrogens (tertiary/aromatic N) is 3. The van der Waals surface area contributed by atoms with Crippen LogP contribution in [0.5, 0.6) is 0 Å². The highest BCUT2D eigenvalue weighted by Crippen LogP contribution is 2.17. The van der Waals surface area contributed by atoms with Gasteiger partial charge in [0, 0.05) is 37.9 Å². The van der Waals surface area contributed by atoms with Crippen molar-refractivity contribution in [3.8, 4) is 5.69 Å². The predicted octanol–water partition coefficient (Wildman–Crippen LogP) is 4.96. The summed E-state index contributed by atoms with van der Waals surface area (Å²) in [5, 5.41) is 14.3. The van der Waals surface area contributed by atoms with Crippen LogP contribution >= 0.6 is 24.0 Å². The number of anilines is 1. The lowest BCUT2D eigenvalue weighted by Gasteiger charge is -2.15. The van der Waals surface area contributed by atoms with E-state index in [1.54, 1.807) is 7.05 Å². The molecule has 1 heterocycles. The number of aromatic nitrogens is 2. The highest BCUT2D eigenvalue weighted by molar-refractivity contribution is 14.0. The van der Waals surface area contributed by atoms with Crippen molar-refractivity contribution in [2.45, 2.75) is 47.2 Å². The van der Waals surface area contributed by atoms with Crippen LogP contribution in [0.2, 0.25) is 0 Å². The molecule has 0 aliphatic carbocycles. The topological polar surface area (TPSA) is 83.3 Å². The van der Waals surface area contributed by atoms with Gasteiger partial charge in [-0.1, -0.05) is 44.2 Å². The van der Waals surface area contributed by atoms with Crippen molar-refractivity contribution in [1.82, 2.24) is 20.4 Å². The zero-order chi connectivity index (χ0) is 23.8. The molecule has 0 atom stereocenters. The quantitative estimate of drug-likeness (QED) is 0.202. The van der Waals surface area contributed by atoms with E-state index >= 15 is 0 Å². The van der Waals surface area contributed by atoms with Crippen LogP contribution in [-0.2, 0) is 17.9 Å². The summed E-state index contributed by atoms with van der Waals surface area (Å²) in [4.78, 5) is 16.4. The second-order valence-electron chi connectivity index (χ2n) is 8.59. The van der Waals surface area contributed by atoms with Crippen molar-refractivity contribution < 1.29 is 4.79 Å². The Kier molecular flexibility index (Phi) is 10.6. The maximum Gasteiger partial charge on any atom is 0.224 e. The first kappa shape index (κ1) is 27.4. The molecule has 0 unspecified atom stereocenters. The number of hydrogen-bond donors (Lipinski definition) is 3. The van der Waals surface area contributed by atoms with E-state index in [0.29, 0.717) is 31.4 Å². The van der Waals surface area contributed by atoms with Gasteiger partial charge in [0.15, 0.2) is 5.96 Å². The third-order valence-electron chi connectivity index (χ3n) is 5.16. The number of guanidine groups is 1. The minimum atomic E-state index is 0. The van der Waals surface area contributed by atoms with Gasteiger partial charge in [-0.3, -0.25) is 9.79 Å². The second-order valence-corrected chi connectivity index (χ2v) is 8.59. The summed E-state index contributed by atoms with van der Waals surface area (Å²) in [6, 6.07) is 18.2. The van der Waals surface area contributed by atoms with E-state index in [-0.39, 0.29) is 29.9 Å².